The monoisotopic (exact) mass is 259 g/mol. The van der Waals surface area contributed by atoms with Crippen LogP contribution in [0, 0.1) is 5.92 Å². The van der Waals surface area contributed by atoms with Crippen molar-refractivity contribution >= 4 is 5.57 Å². The van der Waals surface area contributed by atoms with Crippen LogP contribution in [0.25, 0.3) is 5.57 Å². The zero-order chi connectivity index (χ0) is 16.7. The summed E-state index contributed by atoms with van der Waals surface area (Å²) in [6, 6.07) is 4.30. The first-order valence-electron chi connectivity index (χ1n) is 8.38. The zero-order valence-corrected chi connectivity index (χ0v) is 12.6. The highest BCUT2D eigenvalue weighted by Crippen LogP contribution is 2.29. The molecule has 0 radical (unpaired) electrons. The van der Waals surface area contributed by atoms with Crippen LogP contribution in [0.1, 0.15) is 56.3 Å². The van der Waals surface area contributed by atoms with Gasteiger partial charge in [0.1, 0.15) is 7.05 Å². The summed E-state index contributed by atoms with van der Waals surface area (Å²) < 4.78 is 24.9. The molecule has 0 aromatic carbocycles. The van der Waals surface area contributed by atoms with Crippen molar-refractivity contribution in [2.24, 2.45) is 13.0 Å². The molecule has 1 heterocycles. The maximum Gasteiger partial charge on any atom is 0.212 e. The zero-order valence-electron chi connectivity index (χ0n) is 15.6. The van der Waals surface area contributed by atoms with E-state index in [-0.39, 0.29) is 11.3 Å². The summed E-state index contributed by atoms with van der Waals surface area (Å²) in [6.07, 6.45) is 6.58. The van der Waals surface area contributed by atoms with Gasteiger partial charge in [-0.2, -0.15) is 0 Å². The highest BCUT2D eigenvalue weighted by molar-refractivity contribution is 5.74. The predicted molar refractivity (Wildman–Crippen MR) is 81.8 cm³/mol. The molecule has 2 rings (SSSR count). The minimum atomic E-state index is -1.92. The quantitative estimate of drug-likeness (QED) is 0.666. The normalized spacial score (nSPS) is 23.0. The van der Waals surface area contributed by atoms with Gasteiger partial charge in [0, 0.05) is 21.3 Å². The van der Waals surface area contributed by atoms with Gasteiger partial charge < -0.3 is 0 Å². The maximum absolute atomic E-state index is 7.58. The van der Waals surface area contributed by atoms with Crippen molar-refractivity contribution in [1.82, 2.24) is 0 Å². The average Bonchev–Trinajstić information content (AvgIpc) is 2.37. The fourth-order valence-electron chi connectivity index (χ4n) is 2.50. The van der Waals surface area contributed by atoms with Crippen LogP contribution in [0.4, 0.5) is 0 Å². The molecule has 1 aliphatic carbocycles. The summed E-state index contributed by atoms with van der Waals surface area (Å²) in [6.45, 7) is 6.73. The van der Waals surface area contributed by atoms with E-state index in [4.69, 9.17) is 4.11 Å². The minimum absolute atomic E-state index is 0.120. The van der Waals surface area contributed by atoms with E-state index in [1.807, 2.05) is 19.1 Å². The summed E-state index contributed by atoms with van der Waals surface area (Å²) in [5.74, 6) is -0.365. The van der Waals surface area contributed by atoms with Crippen molar-refractivity contribution < 1.29 is 8.68 Å². The molecular formula is C18H26N+. The van der Waals surface area contributed by atoms with Gasteiger partial charge in [-0.1, -0.05) is 45.3 Å². The van der Waals surface area contributed by atoms with Crippen molar-refractivity contribution in [2.45, 2.75) is 46.4 Å². The number of hydrogen-bond donors (Lipinski definition) is 0. The Morgan fingerprint density at radius 1 is 1.32 bits per heavy atom. The molecule has 0 spiro atoms. The van der Waals surface area contributed by atoms with Gasteiger partial charge in [0.05, 0.1) is 0 Å². The standard InChI is InChI=1S/C18H26N/c1-13-7-9-16(14(2)11-13)17-10-8-15(12-19(17)6)18(3,4)5/h7-10,12-13H,11H2,1-6H3/q+1/i1D3. The van der Waals surface area contributed by atoms with Gasteiger partial charge in [0.25, 0.3) is 0 Å². The molecular weight excluding hydrogens is 230 g/mol. The fourth-order valence-corrected chi connectivity index (χ4v) is 2.50. The molecule has 1 unspecified atom stereocenters. The summed E-state index contributed by atoms with van der Waals surface area (Å²) in [7, 11) is 2.05. The number of rotatable bonds is 1. The molecule has 0 aliphatic heterocycles. The smallest absolute Gasteiger partial charge is 0.201 e. The number of nitrogens with zero attached hydrogens (tertiary/aromatic N) is 1. The van der Waals surface area contributed by atoms with Gasteiger partial charge >= 0.3 is 0 Å². The molecule has 102 valence electrons. The van der Waals surface area contributed by atoms with Crippen LogP contribution in [0.15, 0.2) is 36.1 Å². The topological polar surface area (TPSA) is 3.88 Å². The first-order chi connectivity index (χ1) is 10.00. The second-order valence-electron chi connectivity index (χ2n) is 6.53. The molecule has 1 aromatic heterocycles. The molecule has 0 amide bonds. The average molecular weight is 259 g/mol. The molecule has 0 fully saturated rings. The molecule has 1 atom stereocenters. The minimum Gasteiger partial charge on any atom is -0.201 e. The number of pyridine rings is 1. The fraction of sp³-hybridized carbons (Fsp3) is 0.500. The van der Waals surface area contributed by atoms with Crippen molar-refractivity contribution in [3.05, 3.63) is 47.3 Å². The lowest BCUT2D eigenvalue weighted by Gasteiger charge is -2.19. The third-order valence-corrected chi connectivity index (χ3v) is 3.76. The summed E-state index contributed by atoms with van der Waals surface area (Å²) in [5, 5.41) is 0. The SMILES string of the molecule is [2H]C([2H])([2H])C1C=CC(c2ccc(C(C)(C)C)c[n+]2C)=C(C)C1. The molecule has 0 saturated carbocycles. The van der Waals surface area contributed by atoms with Crippen molar-refractivity contribution in [3.8, 4) is 0 Å². The van der Waals surface area contributed by atoms with Crippen LogP contribution in [0.3, 0.4) is 0 Å². The van der Waals surface area contributed by atoms with E-state index in [2.05, 4.69) is 50.7 Å². The Balaban J connectivity index is 2.36. The van der Waals surface area contributed by atoms with E-state index in [1.165, 1.54) is 5.56 Å². The van der Waals surface area contributed by atoms with Crippen LogP contribution in [0.5, 0.6) is 0 Å². The van der Waals surface area contributed by atoms with Crippen molar-refractivity contribution in [1.29, 1.82) is 0 Å². The number of aryl methyl sites for hydroxylation is 1. The van der Waals surface area contributed by atoms with Gasteiger partial charge in [-0.3, -0.25) is 0 Å². The molecule has 1 nitrogen and oxygen atoms in total. The third-order valence-electron chi connectivity index (χ3n) is 3.76. The number of aromatic nitrogens is 1. The molecule has 1 aliphatic rings. The van der Waals surface area contributed by atoms with Gasteiger partial charge in [-0.15, -0.1) is 0 Å². The van der Waals surface area contributed by atoms with E-state index >= 15 is 0 Å². The second-order valence-corrected chi connectivity index (χ2v) is 6.53. The van der Waals surface area contributed by atoms with Crippen LogP contribution >= 0.6 is 0 Å². The molecule has 1 aromatic rings. The first-order valence-corrected chi connectivity index (χ1v) is 6.88. The van der Waals surface area contributed by atoms with Gasteiger partial charge in [0.2, 0.25) is 5.69 Å². The van der Waals surface area contributed by atoms with Gasteiger partial charge in [-0.05, 0) is 30.7 Å². The molecule has 19 heavy (non-hydrogen) atoms. The van der Waals surface area contributed by atoms with E-state index in [1.54, 1.807) is 0 Å². The highest BCUT2D eigenvalue weighted by Gasteiger charge is 2.21. The Morgan fingerprint density at radius 2 is 2.05 bits per heavy atom. The van der Waals surface area contributed by atoms with Crippen LogP contribution < -0.4 is 4.57 Å². The summed E-state index contributed by atoms with van der Waals surface area (Å²) in [4.78, 5) is 0. The lowest BCUT2D eigenvalue weighted by molar-refractivity contribution is -0.674. The van der Waals surface area contributed by atoms with Crippen molar-refractivity contribution in [3.63, 3.8) is 0 Å². The number of allylic oxidation sites excluding steroid dienone is 4. The lowest BCUT2D eigenvalue weighted by atomic mass is 9.86. The van der Waals surface area contributed by atoms with Crippen molar-refractivity contribution in [2.75, 3.05) is 0 Å². The van der Waals surface area contributed by atoms with E-state index in [9.17, 15) is 0 Å². The van der Waals surface area contributed by atoms with E-state index in [0.29, 0.717) is 6.42 Å². The molecule has 0 bridgehead atoms. The Hall–Kier alpha value is -1.37. The third kappa shape index (κ3) is 2.97. The molecule has 0 saturated heterocycles. The highest BCUT2D eigenvalue weighted by atomic mass is 14.9. The van der Waals surface area contributed by atoms with Crippen LogP contribution in [-0.4, -0.2) is 0 Å². The maximum atomic E-state index is 7.58. The van der Waals surface area contributed by atoms with E-state index < -0.39 is 6.85 Å². The van der Waals surface area contributed by atoms with Gasteiger partial charge in [0.15, 0.2) is 6.20 Å². The van der Waals surface area contributed by atoms with Crippen LogP contribution in [-0.2, 0) is 12.5 Å². The predicted octanol–water partition coefficient (Wildman–Crippen LogP) is 4.18. The summed E-state index contributed by atoms with van der Waals surface area (Å²) in [5.41, 5.74) is 4.82. The Kier molecular flexibility index (Phi) is 2.72. The van der Waals surface area contributed by atoms with Crippen LogP contribution in [0.2, 0.25) is 0 Å². The number of hydrogen-bond acceptors (Lipinski definition) is 0. The Morgan fingerprint density at radius 3 is 2.58 bits per heavy atom. The molecule has 0 N–H and O–H groups in total. The van der Waals surface area contributed by atoms with E-state index in [0.717, 1.165) is 16.8 Å². The second kappa shape index (κ2) is 4.96. The Bertz CT molecular complexity index is 631. The Labute approximate surface area is 121 Å². The molecule has 1 heteroatoms. The van der Waals surface area contributed by atoms with Gasteiger partial charge in [-0.25, -0.2) is 4.57 Å². The summed E-state index contributed by atoms with van der Waals surface area (Å²) >= 11 is 0. The first kappa shape index (κ1) is 10.4. The largest absolute Gasteiger partial charge is 0.212 e. The lowest BCUT2D eigenvalue weighted by Crippen LogP contribution is -2.35.